The van der Waals surface area contributed by atoms with Crippen LogP contribution in [-0.2, 0) is 133 Å². The van der Waals surface area contributed by atoms with Gasteiger partial charge in [0.15, 0.2) is 75.5 Å². The van der Waals surface area contributed by atoms with Gasteiger partial charge in [-0.2, -0.15) is 0 Å². The number of hydrogen-bond acceptors (Lipinski definition) is 59. The van der Waals surface area contributed by atoms with E-state index in [0.717, 1.165) is 34.6 Å². The van der Waals surface area contributed by atoms with Crippen LogP contribution in [0.2, 0.25) is 0 Å². The maximum absolute atomic E-state index is 13.9. The Morgan fingerprint density at radius 1 is 0.192 bits per heavy atom. The Bertz CT molecular complexity index is 4090. The molecule has 0 aromatic rings. The molecule has 5 amide bonds. The summed E-state index contributed by atoms with van der Waals surface area (Å²) in [6, 6.07) is -10.1. The van der Waals surface area contributed by atoms with Crippen LogP contribution in [0.15, 0.2) is 0 Å². The molecule has 12 rings (SSSR count). The number of rotatable bonds is 37. The Balaban J connectivity index is 0.951. The monoisotopic (exact) mass is 2140 g/mol. The molecule has 0 aromatic heterocycles. The van der Waals surface area contributed by atoms with Crippen molar-refractivity contribution < 1.29 is 291 Å². The second-order valence-corrected chi connectivity index (χ2v) is 37.3. The van der Waals surface area contributed by atoms with E-state index >= 15 is 0 Å². The van der Waals surface area contributed by atoms with Crippen LogP contribution in [0.25, 0.3) is 0 Å². The van der Waals surface area contributed by atoms with Gasteiger partial charge in [-0.1, -0.05) is 0 Å². The summed E-state index contributed by atoms with van der Waals surface area (Å²) in [6.07, 6.45) is -119. The minimum Gasteiger partial charge on any atom is -0.394 e. The first-order valence-electron chi connectivity index (χ1n) is 46.9. The van der Waals surface area contributed by atoms with Gasteiger partial charge >= 0.3 is 0 Å². The Kier molecular flexibility index (Phi) is 42.8. The number of nitrogens with one attached hydrogen (secondary N) is 5. The predicted molar refractivity (Wildman–Crippen MR) is 450 cm³/mol. The fraction of sp³-hybridized carbons (Fsp3) is 0.939. The van der Waals surface area contributed by atoms with E-state index in [1.807, 2.05) is 0 Å². The molecule has 64 nitrogen and oxygen atoms in total. The summed E-state index contributed by atoms with van der Waals surface area (Å²) >= 11 is 0. The van der Waals surface area contributed by atoms with E-state index < -0.39 is 464 Å². The van der Waals surface area contributed by atoms with Crippen molar-refractivity contribution >= 4 is 29.5 Å². The molecule has 12 fully saturated rings. The summed E-state index contributed by atoms with van der Waals surface area (Å²) in [5.41, 5.74) is 0. The summed E-state index contributed by atoms with van der Waals surface area (Å²) in [5.74, 6) is -5.02. The quantitative estimate of drug-likeness (QED) is 0.0275. The molecule has 36 N–H and O–H groups in total. The second kappa shape index (κ2) is 52.2. The van der Waals surface area contributed by atoms with E-state index in [1.165, 1.54) is 13.8 Å². The van der Waals surface area contributed by atoms with E-state index in [-0.39, 0.29) is 0 Å². The van der Waals surface area contributed by atoms with Crippen molar-refractivity contribution in [1.82, 2.24) is 26.6 Å². The highest BCUT2D eigenvalue weighted by atomic mass is 16.8. The van der Waals surface area contributed by atoms with Gasteiger partial charge in [-0.15, -0.1) is 0 Å². The zero-order valence-electron chi connectivity index (χ0n) is 79.0. The summed E-state index contributed by atoms with van der Waals surface area (Å²) in [6.45, 7) is -4.99. The van der Waals surface area contributed by atoms with Gasteiger partial charge in [0.1, 0.15) is 280 Å². The fourth-order valence-corrected chi connectivity index (χ4v) is 19.1. The lowest BCUT2D eigenvalue weighted by Gasteiger charge is -2.53. The van der Waals surface area contributed by atoms with Gasteiger partial charge in [0.25, 0.3) is 0 Å². The number of carbonyl (C=O) groups excluding carboxylic acids is 5. The zero-order chi connectivity index (χ0) is 107. The van der Waals surface area contributed by atoms with E-state index in [4.69, 9.17) is 109 Å². The highest BCUT2D eigenvalue weighted by Gasteiger charge is 2.64. The Labute approximate surface area is 827 Å². The largest absolute Gasteiger partial charge is 0.394 e. The third-order valence-electron chi connectivity index (χ3n) is 27.0. The van der Waals surface area contributed by atoms with Gasteiger partial charge in [0.05, 0.1) is 78.3 Å². The normalized spacial score (nSPS) is 49.8. The Hall–Kier alpha value is -4.81. The highest BCUT2D eigenvalue weighted by Crippen LogP contribution is 2.43. The van der Waals surface area contributed by atoms with Gasteiger partial charge < -0.3 is 294 Å². The standard InChI is InChI=1S/C82H137N5O59/c1-18-40(101)51(112)56(117)76(126-18)124-17-34-65(48(109)35(71(123)128-34)83-20(3)96)139-73-37(85-22(5)98)49(110)63(30(13-93)133-73)141-80-61(122)68(46(107)33(137-80)16-125-81-69(55(116)45(106)28(11-91)132-81)145-74-38(86-23(6)99)50(111)62(29(12-92)134-74)140-78-58(119)53(114)43(104)26(9-89)130-78)144-82-70(60(121)64(31(14-94)136-82)138-72-36(84-21(4)97)47(108)42(103)25(8-88)129-72)146-75-39(87-24(7)100)67(143-77-57(118)52(113)41(102)19(2)127-77)66(32(15-95)135-75)142-79-59(120)54(115)44(105)27(10-90)131-79/h18-19,25-82,88-95,101-123H,8-17H2,1-7H3,(H,83,96)(H,84,97)(H,85,98)(H,86,99)(H,87,100)/t18-,19-,25+,26+,27+,28+,29+,30+,31+,32+,33+,34+,35+,36+,37+,38+,39-,40+,41+,42+,43-,44-,45+,46+,47+,48+,49+,50+,51+,52+,53-,54-,55-,56-,57-,58+,59+,60-,61-,62+,63+,64+,65+,66+,67+,68-,69-,70-,71+,72-,73-,74-,75-,76+,77-,78-,79-,80-,81-,82+/m0/s1. The smallest absolute Gasteiger partial charge is 0.217 e. The molecule has 64 heteroatoms. The van der Waals surface area contributed by atoms with E-state index in [0.29, 0.717) is 0 Å². The molecule has 12 saturated heterocycles. The molecule has 0 unspecified atom stereocenters. The van der Waals surface area contributed by atoms with Crippen LogP contribution in [0.4, 0.5) is 0 Å². The van der Waals surface area contributed by atoms with Crippen molar-refractivity contribution in [3.8, 4) is 0 Å². The predicted octanol–water partition coefficient (Wildman–Crippen LogP) is -24.4. The van der Waals surface area contributed by atoms with Crippen LogP contribution in [-0.4, -0.2) is 622 Å². The van der Waals surface area contributed by atoms with Crippen molar-refractivity contribution in [2.75, 3.05) is 66.1 Å². The van der Waals surface area contributed by atoms with Gasteiger partial charge in [-0.05, 0) is 13.8 Å². The second-order valence-electron chi connectivity index (χ2n) is 37.3. The van der Waals surface area contributed by atoms with Gasteiger partial charge in [0.2, 0.25) is 29.5 Å². The fourth-order valence-electron chi connectivity index (χ4n) is 19.1. The van der Waals surface area contributed by atoms with Crippen LogP contribution < -0.4 is 26.6 Å². The molecule has 0 bridgehead atoms. The number of aliphatic hydroxyl groups is 31. The molecular formula is C82H137N5O59. The van der Waals surface area contributed by atoms with Gasteiger partial charge in [0, 0.05) is 34.6 Å². The molecule has 0 aromatic carbocycles. The maximum atomic E-state index is 13.9. The molecule has 60 atom stereocenters. The SMILES string of the molecule is CC(=O)N[C@@H]1[C@H](O[C@@H]2[C@@H](O[C@@H]3[C@H](O)[C@H](O[C@H]4[C@H](O)[C@@H](NC(C)=O)[C@H](O[C@H]5[C@H](O)[C@@H](NC(C)=O)[C@H](O)O[C@@H]5CO[C@@H]5O[C@@H](C)[C@@H](O)[C@@H](O)[C@@H]5O)O[C@@H]4CO)O[C@H](CO[C@H]4O[C@H](CO)[C@@H](O)[C@H](O)[C@@H]4O[C@@H]4O[C@H](CO)[C@@H](O[C@@H]5O[C@H](CO)[C@H](O)[C@H](O)[C@H]5O)[C@H](O)[C@H]4NC(C)=O)[C@H]3O)O[C@H](CO)[C@@H](O[C@@H]3O[C@H](CO)[C@@H](O)[C@H](O)[C@H]3NC(C)=O)[C@@H]2O)O[C@H](CO)[C@@H](O[C@@H]2O[C@H](CO)[C@H](O)[C@H](O)[C@H]2O)[C@@H]1O[C@@H]1O[C@@H](C)[C@@H](O)[C@@H](O)[C@@H]1O. The topological polar surface area (TPSA) is 985 Å². The van der Waals surface area contributed by atoms with Crippen molar-refractivity contribution in [3.63, 3.8) is 0 Å². The molecule has 0 spiro atoms. The van der Waals surface area contributed by atoms with Crippen LogP contribution in [0.1, 0.15) is 48.5 Å². The maximum Gasteiger partial charge on any atom is 0.217 e. The molecule has 12 heterocycles. The van der Waals surface area contributed by atoms with Crippen molar-refractivity contribution in [2.45, 2.75) is 417 Å². The Morgan fingerprint density at radius 3 is 0.890 bits per heavy atom. The molecule has 12 aliphatic heterocycles. The molecule has 0 aliphatic carbocycles. The van der Waals surface area contributed by atoms with Crippen molar-refractivity contribution in [3.05, 3.63) is 0 Å². The lowest BCUT2D eigenvalue weighted by atomic mass is 9.93. The highest BCUT2D eigenvalue weighted by molar-refractivity contribution is 5.75. The first-order chi connectivity index (χ1) is 69.0. The molecule has 844 valence electrons. The van der Waals surface area contributed by atoms with E-state index in [1.54, 1.807) is 0 Å². The first-order valence-corrected chi connectivity index (χ1v) is 46.9. The minimum atomic E-state index is -2.81. The van der Waals surface area contributed by atoms with Crippen molar-refractivity contribution in [2.24, 2.45) is 0 Å². The van der Waals surface area contributed by atoms with Crippen LogP contribution in [0, 0.1) is 0 Å². The third kappa shape index (κ3) is 26.4. The van der Waals surface area contributed by atoms with E-state index in [2.05, 4.69) is 26.6 Å². The van der Waals surface area contributed by atoms with E-state index in [9.17, 15) is 182 Å². The summed E-state index contributed by atoms with van der Waals surface area (Å²) < 4.78 is 140. The van der Waals surface area contributed by atoms with Gasteiger partial charge in [-0.3, -0.25) is 24.0 Å². The van der Waals surface area contributed by atoms with Gasteiger partial charge in [-0.25, -0.2) is 0 Å². The van der Waals surface area contributed by atoms with Crippen molar-refractivity contribution in [1.29, 1.82) is 0 Å². The summed E-state index contributed by atoms with van der Waals surface area (Å²) in [4.78, 5) is 66.2. The number of aliphatic hydroxyl groups excluding tert-OH is 31. The first kappa shape index (κ1) is 120. The molecule has 146 heavy (non-hydrogen) atoms. The summed E-state index contributed by atoms with van der Waals surface area (Å²) in [5, 5.41) is 364. The van der Waals surface area contributed by atoms with Crippen LogP contribution in [0.3, 0.4) is 0 Å². The molecule has 12 aliphatic rings. The van der Waals surface area contributed by atoms with Crippen LogP contribution >= 0.6 is 0 Å². The Morgan fingerprint density at radius 2 is 0.452 bits per heavy atom. The average Bonchev–Trinajstić information content (AvgIpc) is 0.743. The number of ether oxygens (including phenoxy) is 23. The molecule has 0 saturated carbocycles. The average molecular weight is 2140 g/mol. The number of carbonyl (C=O) groups is 5. The lowest BCUT2D eigenvalue weighted by molar-refractivity contribution is -0.409. The lowest BCUT2D eigenvalue weighted by Crippen LogP contribution is -2.72. The zero-order valence-corrected chi connectivity index (χ0v) is 79.0. The number of amides is 5. The number of hydrogen-bond donors (Lipinski definition) is 36. The van der Waals surface area contributed by atoms with Crippen LogP contribution in [0.5, 0.6) is 0 Å². The third-order valence-corrected chi connectivity index (χ3v) is 27.0. The summed E-state index contributed by atoms with van der Waals surface area (Å²) in [7, 11) is 0. The molecular weight excluding hydrogens is 2000 g/mol. The molecule has 0 radical (unpaired) electrons. The minimum absolute atomic E-state index is 0.852.